The van der Waals surface area contributed by atoms with Crippen molar-refractivity contribution >= 4 is 17.5 Å². The number of imidazole rings is 1. The highest BCUT2D eigenvalue weighted by Gasteiger charge is 2.21. The van der Waals surface area contributed by atoms with Gasteiger partial charge >= 0.3 is 11.9 Å². The fraction of sp³-hybridized carbons (Fsp3) is 0. The van der Waals surface area contributed by atoms with Gasteiger partial charge in [-0.3, -0.25) is 9.38 Å². The van der Waals surface area contributed by atoms with Gasteiger partial charge in [-0.1, -0.05) is 6.07 Å². The van der Waals surface area contributed by atoms with E-state index < -0.39 is 11.9 Å². The largest absolute Gasteiger partial charge is 0.477 e. The van der Waals surface area contributed by atoms with Gasteiger partial charge < -0.3 is 10.2 Å². The minimum absolute atomic E-state index is 0.0636. The number of carboxylic acid groups (broad SMARTS) is 2. The maximum atomic E-state index is 11.4. The normalized spacial score (nSPS) is 10.7. The Morgan fingerprint density at radius 2 is 1.86 bits per heavy atom. The molecule has 3 heterocycles. The van der Waals surface area contributed by atoms with Gasteiger partial charge in [-0.05, 0) is 24.3 Å². The van der Waals surface area contributed by atoms with E-state index in [2.05, 4.69) is 9.97 Å². The van der Waals surface area contributed by atoms with Gasteiger partial charge in [-0.15, -0.1) is 0 Å². The molecule has 0 atom stereocenters. The lowest BCUT2D eigenvalue weighted by Gasteiger charge is -2.04. The third-order valence-corrected chi connectivity index (χ3v) is 3.00. The Hall–Kier alpha value is -3.22. The number of rotatable bonds is 3. The van der Waals surface area contributed by atoms with Crippen LogP contribution >= 0.6 is 0 Å². The molecule has 7 nitrogen and oxygen atoms in total. The van der Waals surface area contributed by atoms with Crippen molar-refractivity contribution in [2.75, 3.05) is 0 Å². The van der Waals surface area contributed by atoms with Crippen LogP contribution in [-0.2, 0) is 0 Å². The van der Waals surface area contributed by atoms with E-state index in [1.807, 2.05) is 0 Å². The molecule has 0 fully saturated rings. The fourth-order valence-corrected chi connectivity index (χ4v) is 2.15. The van der Waals surface area contributed by atoms with Crippen molar-refractivity contribution in [1.82, 2.24) is 14.4 Å². The number of hydrogen-bond acceptors (Lipinski definition) is 4. The summed E-state index contributed by atoms with van der Waals surface area (Å²) in [5.74, 6) is -2.15. The standard InChI is InChI=1S/C14H9N3O4/c18-13(19)10-5-1-4-9-11(14(20)21)16-12(17(9)10)8-3-2-6-15-7-8/h1-7H,(H,18,19)(H,20,21). The number of carbonyl (C=O) groups is 2. The van der Waals surface area contributed by atoms with E-state index in [9.17, 15) is 19.8 Å². The Kier molecular flexibility index (Phi) is 2.87. The van der Waals surface area contributed by atoms with Gasteiger partial charge in [0.15, 0.2) is 5.69 Å². The molecule has 0 aliphatic rings. The molecule has 3 rings (SSSR count). The molecular weight excluding hydrogens is 274 g/mol. The molecule has 21 heavy (non-hydrogen) atoms. The zero-order valence-electron chi connectivity index (χ0n) is 10.6. The second-order valence-corrected chi connectivity index (χ2v) is 4.27. The molecule has 0 radical (unpaired) electrons. The van der Waals surface area contributed by atoms with Gasteiger partial charge in [0.25, 0.3) is 0 Å². The summed E-state index contributed by atoms with van der Waals surface area (Å²) in [4.78, 5) is 30.7. The minimum Gasteiger partial charge on any atom is -0.477 e. The first-order chi connectivity index (χ1) is 10.1. The molecule has 0 amide bonds. The lowest BCUT2D eigenvalue weighted by atomic mass is 10.2. The third kappa shape index (κ3) is 2.00. The maximum Gasteiger partial charge on any atom is 0.356 e. The zero-order chi connectivity index (χ0) is 15.0. The number of aromatic nitrogens is 3. The van der Waals surface area contributed by atoms with Gasteiger partial charge in [0.1, 0.15) is 11.5 Å². The van der Waals surface area contributed by atoms with Crippen molar-refractivity contribution in [2.24, 2.45) is 0 Å². The minimum atomic E-state index is -1.22. The Morgan fingerprint density at radius 3 is 2.48 bits per heavy atom. The molecule has 3 aromatic rings. The second-order valence-electron chi connectivity index (χ2n) is 4.27. The molecule has 104 valence electrons. The summed E-state index contributed by atoms with van der Waals surface area (Å²) in [5.41, 5.74) is 0.498. The van der Waals surface area contributed by atoms with Crippen LogP contribution in [0.2, 0.25) is 0 Å². The van der Waals surface area contributed by atoms with Crippen LogP contribution in [0.1, 0.15) is 21.0 Å². The molecule has 0 aliphatic heterocycles. The number of fused-ring (bicyclic) bond motifs is 1. The number of carboxylic acids is 2. The Labute approximate surface area is 118 Å². The smallest absolute Gasteiger partial charge is 0.356 e. The lowest BCUT2D eigenvalue weighted by Crippen LogP contribution is -2.06. The van der Waals surface area contributed by atoms with Crippen molar-refractivity contribution < 1.29 is 19.8 Å². The summed E-state index contributed by atoms with van der Waals surface area (Å²) in [7, 11) is 0. The summed E-state index contributed by atoms with van der Waals surface area (Å²) >= 11 is 0. The third-order valence-electron chi connectivity index (χ3n) is 3.00. The molecule has 3 aromatic heterocycles. The quantitative estimate of drug-likeness (QED) is 0.759. The van der Waals surface area contributed by atoms with E-state index in [1.54, 1.807) is 18.3 Å². The summed E-state index contributed by atoms with van der Waals surface area (Å²) in [6, 6.07) is 7.75. The molecule has 7 heteroatoms. The molecule has 0 aromatic carbocycles. The van der Waals surface area contributed by atoms with Crippen LogP contribution in [0, 0.1) is 0 Å². The van der Waals surface area contributed by atoms with Crippen LogP contribution in [0.25, 0.3) is 16.9 Å². The highest BCUT2D eigenvalue weighted by Crippen LogP contribution is 2.24. The summed E-state index contributed by atoms with van der Waals surface area (Å²) in [5, 5.41) is 18.5. The van der Waals surface area contributed by atoms with Crippen molar-refractivity contribution in [2.45, 2.75) is 0 Å². The molecule has 0 unspecified atom stereocenters. The number of hydrogen-bond donors (Lipinski definition) is 2. The van der Waals surface area contributed by atoms with Crippen molar-refractivity contribution in [3.05, 3.63) is 54.1 Å². The predicted molar refractivity (Wildman–Crippen MR) is 72.3 cm³/mol. The topological polar surface area (TPSA) is 105 Å². The lowest BCUT2D eigenvalue weighted by molar-refractivity contribution is 0.0678. The highest BCUT2D eigenvalue weighted by molar-refractivity contribution is 5.97. The molecule has 0 spiro atoms. The molecular formula is C14H9N3O4. The number of pyridine rings is 2. The van der Waals surface area contributed by atoms with Crippen LogP contribution in [-0.4, -0.2) is 36.5 Å². The summed E-state index contributed by atoms with van der Waals surface area (Å²) < 4.78 is 1.31. The van der Waals surface area contributed by atoms with E-state index in [4.69, 9.17) is 0 Å². The predicted octanol–water partition coefficient (Wildman–Crippen LogP) is 1.79. The molecule has 0 bridgehead atoms. The monoisotopic (exact) mass is 283 g/mol. The van der Waals surface area contributed by atoms with Gasteiger partial charge in [0.05, 0.1) is 5.52 Å². The fourth-order valence-electron chi connectivity index (χ4n) is 2.15. The van der Waals surface area contributed by atoms with Crippen molar-refractivity contribution in [3.63, 3.8) is 0 Å². The number of aromatic carboxylic acids is 2. The van der Waals surface area contributed by atoms with E-state index in [0.717, 1.165) is 0 Å². The second kappa shape index (κ2) is 4.71. The van der Waals surface area contributed by atoms with Crippen molar-refractivity contribution in [3.8, 4) is 11.4 Å². The van der Waals surface area contributed by atoms with E-state index in [1.165, 1.54) is 28.8 Å². The molecule has 0 aliphatic carbocycles. The van der Waals surface area contributed by atoms with Crippen LogP contribution in [0.5, 0.6) is 0 Å². The highest BCUT2D eigenvalue weighted by atomic mass is 16.4. The van der Waals surface area contributed by atoms with Crippen LogP contribution in [0.4, 0.5) is 0 Å². The average molecular weight is 283 g/mol. The van der Waals surface area contributed by atoms with Gasteiger partial charge in [-0.2, -0.15) is 0 Å². The maximum absolute atomic E-state index is 11.4. The van der Waals surface area contributed by atoms with Gasteiger partial charge in [-0.25, -0.2) is 14.6 Å². The molecule has 2 N–H and O–H groups in total. The first-order valence-corrected chi connectivity index (χ1v) is 5.98. The first kappa shape index (κ1) is 12.8. The Balaban J connectivity index is 2.44. The van der Waals surface area contributed by atoms with Gasteiger partial charge in [0.2, 0.25) is 0 Å². The van der Waals surface area contributed by atoms with Gasteiger partial charge in [0, 0.05) is 18.0 Å². The van der Waals surface area contributed by atoms with Crippen LogP contribution < -0.4 is 0 Å². The molecule has 0 saturated heterocycles. The summed E-state index contributed by atoms with van der Waals surface area (Å²) in [6.07, 6.45) is 3.06. The Morgan fingerprint density at radius 1 is 1.05 bits per heavy atom. The van der Waals surface area contributed by atoms with E-state index in [-0.39, 0.29) is 22.7 Å². The SMILES string of the molecule is O=C(O)c1nc(-c2cccnc2)n2c(C(=O)O)cccc12. The number of nitrogens with zero attached hydrogens (tertiary/aromatic N) is 3. The van der Waals surface area contributed by atoms with Crippen LogP contribution in [0.15, 0.2) is 42.7 Å². The summed E-state index contributed by atoms with van der Waals surface area (Å²) in [6.45, 7) is 0. The molecule has 0 saturated carbocycles. The first-order valence-electron chi connectivity index (χ1n) is 5.98. The average Bonchev–Trinajstić information content (AvgIpc) is 2.87. The van der Waals surface area contributed by atoms with Crippen LogP contribution in [0.3, 0.4) is 0 Å². The van der Waals surface area contributed by atoms with E-state index >= 15 is 0 Å². The zero-order valence-corrected chi connectivity index (χ0v) is 10.6. The van der Waals surface area contributed by atoms with Crippen molar-refractivity contribution in [1.29, 1.82) is 0 Å². The Bertz CT molecular complexity index is 855. The van der Waals surface area contributed by atoms with E-state index in [0.29, 0.717) is 5.56 Å².